The molecular weight excluding hydrogens is 378 g/mol. The molecule has 1 aromatic carbocycles. The Morgan fingerprint density at radius 1 is 1.25 bits per heavy atom. The highest BCUT2D eigenvalue weighted by atomic mass is 35.5. The van der Waals surface area contributed by atoms with Gasteiger partial charge in [0, 0.05) is 31.3 Å². The van der Waals surface area contributed by atoms with Gasteiger partial charge in [0.05, 0.1) is 6.61 Å². The molecule has 2 amide bonds. The van der Waals surface area contributed by atoms with Crippen LogP contribution in [0, 0.1) is 25.2 Å². The Kier molecular flexibility index (Phi) is 7.87. The first-order valence-electron chi connectivity index (χ1n) is 9.81. The molecule has 2 fully saturated rings. The highest BCUT2D eigenvalue weighted by molar-refractivity contribution is 6.09. The van der Waals surface area contributed by atoms with Gasteiger partial charge in [0.2, 0.25) is 11.8 Å². The van der Waals surface area contributed by atoms with Crippen LogP contribution in [0.4, 0.5) is 5.69 Å². The molecule has 1 unspecified atom stereocenters. The maximum Gasteiger partial charge on any atom is 0.239 e. The maximum atomic E-state index is 12.9. The van der Waals surface area contributed by atoms with Crippen LogP contribution in [0.3, 0.4) is 0 Å². The monoisotopic (exact) mass is 409 g/mol. The molecule has 6 nitrogen and oxygen atoms in total. The Morgan fingerprint density at radius 3 is 2.50 bits per heavy atom. The van der Waals surface area contributed by atoms with Crippen molar-refractivity contribution in [1.29, 1.82) is 0 Å². The van der Waals surface area contributed by atoms with Crippen molar-refractivity contribution in [3.8, 4) is 0 Å². The fraction of sp³-hybridized carbons (Fsp3) is 0.619. The molecule has 3 rings (SSSR count). The molecule has 2 aliphatic rings. The standard InChI is InChI=1S/C21H31N3O3.ClH/c1-15-10-16(2)12-17(11-15)24-9-4-18(20(24)26)19(25)23-13-21(14-27-3)5-7-22-8-6-21;/h10-12,18,22H,4-9,13-14H2,1-3H3,(H,23,25);1H. The van der Waals surface area contributed by atoms with Gasteiger partial charge in [0.15, 0.2) is 0 Å². The molecule has 0 saturated carbocycles. The number of halogens is 1. The van der Waals surface area contributed by atoms with E-state index in [9.17, 15) is 9.59 Å². The van der Waals surface area contributed by atoms with Crippen molar-refractivity contribution in [3.63, 3.8) is 0 Å². The van der Waals surface area contributed by atoms with Crippen LogP contribution in [0.2, 0.25) is 0 Å². The number of carbonyl (C=O) groups excluding carboxylic acids is 2. The zero-order valence-corrected chi connectivity index (χ0v) is 17.9. The van der Waals surface area contributed by atoms with Crippen molar-refractivity contribution < 1.29 is 14.3 Å². The molecule has 28 heavy (non-hydrogen) atoms. The van der Waals surface area contributed by atoms with Gasteiger partial charge in [-0.2, -0.15) is 0 Å². The number of nitrogens with zero attached hydrogens (tertiary/aromatic N) is 1. The minimum absolute atomic E-state index is 0. The molecule has 7 heteroatoms. The summed E-state index contributed by atoms with van der Waals surface area (Å²) in [6.45, 7) is 7.69. The summed E-state index contributed by atoms with van der Waals surface area (Å²) in [6.07, 6.45) is 2.50. The van der Waals surface area contributed by atoms with E-state index in [0.717, 1.165) is 42.7 Å². The number of aryl methyl sites for hydroxylation is 2. The molecule has 1 atom stereocenters. The fourth-order valence-corrected chi connectivity index (χ4v) is 4.32. The number of hydrogen-bond donors (Lipinski definition) is 2. The molecule has 0 aromatic heterocycles. The number of amides is 2. The smallest absolute Gasteiger partial charge is 0.239 e. The largest absolute Gasteiger partial charge is 0.384 e. The first-order valence-corrected chi connectivity index (χ1v) is 9.81. The number of rotatable bonds is 6. The van der Waals surface area contributed by atoms with Crippen LogP contribution in [-0.4, -0.2) is 51.7 Å². The zero-order valence-electron chi connectivity index (χ0n) is 17.0. The van der Waals surface area contributed by atoms with Gasteiger partial charge in [-0.25, -0.2) is 0 Å². The first kappa shape index (κ1) is 22.7. The molecule has 1 aromatic rings. The average molecular weight is 410 g/mol. The third kappa shape index (κ3) is 5.04. The first-order chi connectivity index (χ1) is 12.9. The van der Waals surface area contributed by atoms with Gasteiger partial charge >= 0.3 is 0 Å². The molecule has 0 radical (unpaired) electrons. The van der Waals surface area contributed by atoms with E-state index in [1.54, 1.807) is 12.0 Å². The van der Waals surface area contributed by atoms with E-state index in [2.05, 4.69) is 16.7 Å². The van der Waals surface area contributed by atoms with E-state index < -0.39 is 5.92 Å². The number of hydrogen-bond acceptors (Lipinski definition) is 4. The number of carbonyl (C=O) groups is 2. The molecular formula is C21H32ClN3O3. The van der Waals surface area contributed by atoms with Crippen LogP contribution in [-0.2, 0) is 14.3 Å². The summed E-state index contributed by atoms with van der Waals surface area (Å²) >= 11 is 0. The van der Waals surface area contributed by atoms with E-state index in [0.29, 0.717) is 26.1 Å². The van der Waals surface area contributed by atoms with Gasteiger partial charge in [-0.1, -0.05) is 6.07 Å². The highest BCUT2D eigenvalue weighted by Gasteiger charge is 2.39. The van der Waals surface area contributed by atoms with Crippen LogP contribution in [0.5, 0.6) is 0 Å². The lowest BCUT2D eigenvalue weighted by Gasteiger charge is -2.37. The predicted octanol–water partition coefficient (Wildman–Crippen LogP) is 2.21. The van der Waals surface area contributed by atoms with Crippen molar-refractivity contribution in [2.75, 3.05) is 44.8 Å². The number of piperidine rings is 1. The van der Waals surface area contributed by atoms with E-state index in [4.69, 9.17) is 4.74 Å². The third-order valence-electron chi connectivity index (χ3n) is 5.79. The summed E-state index contributed by atoms with van der Waals surface area (Å²) in [6, 6.07) is 6.10. The van der Waals surface area contributed by atoms with Gasteiger partial charge in [-0.15, -0.1) is 12.4 Å². The lowest BCUT2D eigenvalue weighted by Crippen LogP contribution is -2.48. The van der Waals surface area contributed by atoms with Gasteiger partial charge in [-0.3, -0.25) is 9.59 Å². The van der Waals surface area contributed by atoms with Crippen molar-refractivity contribution in [2.45, 2.75) is 33.1 Å². The van der Waals surface area contributed by atoms with Crippen molar-refractivity contribution in [3.05, 3.63) is 29.3 Å². The number of nitrogens with one attached hydrogen (secondary N) is 2. The second-order valence-electron chi connectivity index (χ2n) is 8.08. The summed E-state index contributed by atoms with van der Waals surface area (Å²) < 4.78 is 5.41. The normalized spacial score (nSPS) is 21.3. The summed E-state index contributed by atoms with van der Waals surface area (Å²) in [5.74, 6) is -0.836. The summed E-state index contributed by atoms with van der Waals surface area (Å²) in [4.78, 5) is 27.3. The number of benzene rings is 1. The lowest BCUT2D eigenvalue weighted by molar-refractivity contribution is -0.132. The van der Waals surface area contributed by atoms with Crippen molar-refractivity contribution in [1.82, 2.24) is 10.6 Å². The third-order valence-corrected chi connectivity index (χ3v) is 5.79. The predicted molar refractivity (Wildman–Crippen MR) is 113 cm³/mol. The molecule has 0 spiro atoms. The molecule has 156 valence electrons. The number of anilines is 1. The van der Waals surface area contributed by atoms with Crippen LogP contribution < -0.4 is 15.5 Å². The van der Waals surface area contributed by atoms with Gasteiger partial charge in [0.1, 0.15) is 5.92 Å². The van der Waals surface area contributed by atoms with Crippen molar-refractivity contribution in [2.24, 2.45) is 11.3 Å². The quantitative estimate of drug-likeness (QED) is 0.707. The summed E-state index contributed by atoms with van der Waals surface area (Å²) in [7, 11) is 1.70. The lowest BCUT2D eigenvalue weighted by atomic mass is 9.79. The van der Waals surface area contributed by atoms with E-state index in [-0.39, 0.29) is 29.6 Å². The van der Waals surface area contributed by atoms with Gasteiger partial charge < -0.3 is 20.3 Å². The molecule has 2 saturated heterocycles. The second-order valence-corrected chi connectivity index (χ2v) is 8.08. The highest BCUT2D eigenvalue weighted by Crippen LogP contribution is 2.30. The van der Waals surface area contributed by atoms with Crippen LogP contribution >= 0.6 is 12.4 Å². The molecule has 2 heterocycles. The van der Waals surface area contributed by atoms with E-state index in [1.165, 1.54) is 0 Å². The molecule has 2 aliphatic heterocycles. The van der Waals surface area contributed by atoms with Crippen LogP contribution in [0.15, 0.2) is 18.2 Å². The van der Waals surface area contributed by atoms with Gasteiger partial charge in [-0.05, 0) is 69.5 Å². The topological polar surface area (TPSA) is 70.7 Å². The van der Waals surface area contributed by atoms with E-state index >= 15 is 0 Å². The number of methoxy groups -OCH3 is 1. The Labute approximate surface area is 173 Å². The van der Waals surface area contributed by atoms with E-state index in [1.807, 2.05) is 26.0 Å². The van der Waals surface area contributed by atoms with Gasteiger partial charge in [0.25, 0.3) is 0 Å². The zero-order chi connectivity index (χ0) is 19.4. The molecule has 0 aliphatic carbocycles. The summed E-state index contributed by atoms with van der Waals surface area (Å²) in [5, 5.41) is 6.40. The Morgan fingerprint density at radius 2 is 1.89 bits per heavy atom. The second kappa shape index (κ2) is 9.72. The number of ether oxygens (including phenoxy) is 1. The summed E-state index contributed by atoms with van der Waals surface area (Å²) in [5.41, 5.74) is 3.10. The average Bonchev–Trinajstić information content (AvgIpc) is 3.02. The minimum atomic E-state index is -0.591. The SMILES string of the molecule is COCC1(CNC(=O)C2CCN(c3cc(C)cc(C)c3)C2=O)CCNCC1.Cl. The Bertz CT molecular complexity index is 678. The van der Waals surface area contributed by atoms with Crippen LogP contribution in [0.25, 0.3) is 0 Å². The Balaban J connectivity index is 0.00000280. The Hall–Kier alpha value is -1.63. The minimum Gasteiger partial charge on any atom is -0.384 e. The van der Waals surface area contributed by atoms with Crippen molar-refractivity contribution >= 4 is 29.9 Å². The molecule has 0 bridgehead atoms. The molecule has 2 N–H and O–H groups in total. The maximum absolute atomic E-state index is 12.9. The van der Waals surface area contributed by atoms with Crippen LogP contribution in [0.1, 0.15) is 30.4 Å². The fourth-order valence-electron chi connectivity index (χ4n) is 4.32.